The van der Waals surface area contributed by atoms with Crippen LogP contribution >= 0.6 is 0 Å². The Morgan fingerprint density at radius 3 is 2.41 bits per heavy atom. The number of rotatable bonds is 6. The Morgan fingerprint density at radius 2 is 1.76 bits per heavy atom. The van der Waals surface area contributed by atoms with Crippen molar-refractivity contribution in [3.63, 3.8) is 0 Å². The predicted molar refractivity (Wildman–Crippen MR) is 114 cm³/mol. The SMILES string of the molecule is CCOC(=O)N1CCC(NC(=O)c2ccc(CNc3ccccc3C)cc2)CC1. The fraction of sp³-hybridized carbons (Fsp3) is 0.391. The number of ether oxygens (including phenoxy) is 1. The molecule has 2 aromatic rings. The van der Waals surface area contributed by atoms with Gasteiger partial charge >= 0.3 is 6.09 Å². The van der Waals surface area contributed by atoms with Crippen LogP contribution in [0.15, 0.2) is 48.5 Å². The van der Waals surface area contributed by atoms with Crippen LogP contribution in [-0.4, -0.2) is 42.6 Å². The second-order valence-corrected chi connectivity index (χ2v) is 7.30. The minimum atomic E-state index is -0.271. The van der Waals surface area contributed by atoms with E-state index in [1.165, 1.54) is 5.56 Å². The summed E-state index contributed by atoms with van der Waals surface area (Å²) in [5.74, 6) is -0.0713. The largest absolute Gasteiger partial charge is 0.450 e. The molecule has 0 aromatic heterocycles. The number of nitrogens with zero attached hydrogens (tertiary/aromatic N) is 1. The molecule has 6 heteroatoms. The van der Waals surface area contributed by atoms with Crippen molar-refractivity contribution >= 4 is 17.7 Å². The van der Waals surface area contributed by atoms with Crippen LogP contribution in [0.5, 0.6) is 0 Å². The molecule has 0 aliphatic carbocycles. The van der Waals surface area contributed by atoms with Crippen molar-refractivity contribution in [1.29, 1.82) is 0 Å². The Kier molecular flexibility index (Phi) is 7.11. The number of carbonyl (C=O) groups excluding carboxylic acids is 2. The highest BCUT2D eigenvalue weighted by Crippen LogP contribution is 2.16. The fourth-order valence-electron chi connectivity index (χ4n) is 3.43. The molecule has 1 aliphatic heterocycles. The zero-order valence-electron chi connectivity index (χ0n) is 17.1. The number of likely N-dealkylation sites (tertiary alicyclic amines) is 1. The lowest BCUT2D eigenvalue weighted by Crippen LogP contribution is -2.46. The molecule has 2 N–H and O–H groups in total. The molecule has 2 aromatic carbocycles. The normalized spacial score (nSPS) is 14.3. The first kappa shape index (κ1) is 20.7. The topological polar surface area (TPSA) is 70.7 Å². The molecule has 3 rings (SSSR count). The quantitative estimate of drug-likeness (QED) is 0.777. The summed E-state index contributed by atoms with van der Waals surface area (Å²) >= 11 is 0. The summed E-state index contributed by atoms with van der Waals surface area (Å²) in [5.41, 5.74) is 4.09. The smallest absolute Gasteiger partial charge is 0.409 e. The summed E-state index contributed by atoms with van der Waals surface area (Å²) < 4.78 is 5.03. The van der Waals surface area contributed by atoms with Gasteiger partial charge in [-0.1, -0.05) is 30.3 Å². The molecule has 0 saturated carbocycles. The average Bonchev–Trinajstić information content (AvgIpc) is 2.74. The molecule has 0 spiro atoms. The Balaban J connectivity index is 1.47. The van der Waals surface area contributed by atoms with Gasteiger partial charge in [0.1, 0.15) is 0 Å². The first-order chi connectivity index (χ1) is 14.1. The van der Waals surface area contributed by atoms with Gasteiger partial charge in [-0.05, 0) is 56.0 Å². The zero-order chi connectivity index (χ0) is 20.6. The Bertz CT molecular complexity index is 828. The summed E-state index contributed by atoms with van der Waals surface area (Å²) in [4.78, 5) is 26.0. The van der Waals surface area contributed by atoms with Crippen molar-refractivity contribution < 1.29 is 14.3 Å². The molecule has 0 radical (unpaired) electrons. The lowest BCUT2D eigenvalue weighted by atomic mass is 10.0. The second kappa shape index (κ2) is 9.96. The van der Waals surface area contributed by atoms with Crippen LogP contribution < -0.4 is 10.6 Å². The van der Waals surface area contributed by atoms with Gasteiger partial charge in [0.2, 0.25) is 0 Å². The maximum absolute atomic E-state index is 12.5. The molecule has 29 heavy (non-hydrogen) atoms. The summed E-state index contributed by atoms with van der Waals surface area (Å²) in [6.07, 6.45) is 1.21. The molecule has 1 aliphatic rings. The van der Waals surface area contributed by atoms with Gasteiger partial charge in [-0.2, -0.15) is 0 Å². The van der Waals surface area contributed by atoms with Gasteiger partial charge in [0, 0.05) is 36.9 Å². The molecule has 1 heterocycles. The van der Waals surface area contributed by atoms with E-state index in [1.54, 1.807) is 11.8 Å². The minimum Gasteiger partial charge on any atom is -0.450 e. The Labute approximate surface area is 172 Å². The van der Waals surface area contributed by atoms with E-state index in [9.17, 15) is 9.59 Å². The maximum atomic E-state index is 12.5. The molecule has 154 valence electrons. The molecule has 0 bridgehead atoms. The molecule has 2 amide bonds. The van der Waals surface area contributed by atoms with E-state index in [1.807, 2.05) is 36.4 Å². The van der Waals surface area contributed by atoms with Crippen molar-refractivity contribution in [3.05, 3.63) is 65.2 Å². The first-order valence-electron chi connectivity index (χ1n) is 10.2. The predicted octanol–water partition coefficient (Wildman–Crippen LogP) is 3.96. The van der Waals surface area contributed by atoms with Crippen LogP contribution in [0.1, 0.15) is 41.3 Å². The van der Waals surface area contributed by atoms with Crippen molar-refractivity contribution in [2.24, 2.45) is 0 Å². The van der Waals surface area contributed by atoms with Crippen LogP contribution in [0.3, 0.4) is 0 Å². The molecule has 6 nitrogen and oxygen atoms in total. The molecular formula is C23H29N3O3. The second-order valence-electron chi connectivity index (χ2n) is 7.30. The van der Waals surface area contributed by atoms with Crippen LogP contribution in [0.2, 0.25) is 0 Å². The molecular weight excluding hydrogens is 366 g/mol. The Morgan fingerprint density at radius 1 is 1.07 bits per heavy atom. The number of para-hydroxylation sites is 1. The van der Waals surface area contributed by atoms with E-state index < -0.39 is 0 Å². The summed E-state index contributed by atoms with van der Waals surface area (Å²) in [5, 5.41) is 6.50. The minimum absolute atomic E-state index is 0.0713. The monoisotopic (exact) mass is 395 g/mol. The van der Waals surface area contributed by atoms with E-state index in [-0.39, 0.29) is 18.0 Å². The van der Waals surface area contributed by atoms with Gasteiger partial charge in [0.25, 0.3) is 5.91 Å². The van der Waals surface area contributed by atoms with Crippen molar-refractivity contribution in [1.82, 2.24) is 10.2 Å². The standard InChI is InChI=1S/C23H29N3O3/c1-3-29-23(28)26-14-12-20(13-15-26)25-22(27)19-10-8-18(9-11-19)16-24-21-7-5-4-6-17(21)2/h4-11,20,24H,3,12-16H2,1-2H3,(H,25,27). The van der Waals surface area contributed by atoms with E-state index >= 15 is 0 Å². The van der Waals surface area contributed by atoms with Crippen LogP contribution in [0.4, 0.5) is 10.5 Å². The number of nitrogens with one attached hydrogen (secondary N) is 2. The van der Waals surface area contributed by atoms with Crippen LogP contribution in [-0.2, 0) is 11.3 Å². The van der Waals surface area contributed by atoms with E-state index in [2.05, 4.69) is 29.7 Å². The fourth-order valence-corrected chi connectivity index (χ4v) is 3.43. The lowest BCUT2D eigenvalue weighted by molar-refractivity contribution is 0.0860. The van der Waals surface area contributed by atoms with E-state index in [4.69, 9.17) is 4.74 Å². The number of carbonyl (C=O) groups is 2. The highest BCUT2D eigenvalue weighted by atomic mass is 16.6. The molecule has 1 fully saturated rings. The molecule has 1 saturated heterocycles. The van der Waals surface area contributed by atoms with E-state index in [0.717, 1.165) is 24.1 Å². The molecule has 0 unspecified atom stereocenters. The van der Waals surface area contributed by atoms with Gasteiger partial charge in [0.05, 0.1) is 6.61 Å². The van der Waals surface area contributed by atoms with Gasteiger partial charge in [0.15, 0.2) is 0 Å². The number of benzene rings is 2. The number of piperidine rings is 1. The summed E-state index contributed by atoms with van der Waals surface area (Å²) in [6, 6.07) is 15.9. The van der Waals surface area contributed by atoms with Crippen molar-refractivity contribution in [2.75, 3.05) is 25.0 Å². The van der Waals surface area contributed by atoms with Gasteiger partial charge in [-0.15, -0.1) is 0 Å². The van der Waals surface area contributed by atoms with Gasteiger partial charge in [-0.25, -0.2) is 4.79 Å². The average molecular weight is 396 g/mol. The lowest BCUT2D eigenvalue weighted by Gasteiger charge is -2.31. The third-order valence-electron chi connectivity index (χ3n) is 5.20. The maximum Gasteiger partial charge on any atom is 0.409 e. The molecule has 0 atom stereocenters. The van der Waals surface area contributed by atoms with Crippen LogP contribution in [0.25, 0.3) is 0 Å². The number of hydrogen-bond acceptors (Lipinski definition) is 4. The first-order valence-corrected chi connectivity index (χ1v) is 10.2. The summed E-state index contributed by atoms with van der Waals surface area (Å²) in [6.45, 7) is 6.17. The highest BCUT2D eigenvalue weighted by molar-refractivity contribution is 5.94. The number of aryl methyl sites for hydroxylation is 1. The number of anilines is 1. The van der Waals surface area contributed by atoms with Gasteiger partial charge in [-0.3, -0.25) is 4.79 Å². The zero-order valence-corrected chi connectivity index (χ0v) is 17.1. The van der Waals surface area contributed by atoms with E-state index in [0.29, 0.717) is 31.8 Å². The third kappa shape index (κ3) is 5.73. The van der Waals surface area contributed by atoms with Gasteiger partial charge < -0.3 is 20.3 Å². The van der Waals surface area contributed by atoms with Crippen molar-refractivity contribution in [2.45, 2.75) is 39.3 Å². The number of hydrogen-bond donors (Lipinski definition) is 2. The van der Waals surface area contributed by atoms with Crippen molar-refractivity contribution in [3.8, 4) is 0 Å². The number of amides is 2. The van der Waals surface area contributed by atoms with Crippen LogP contribution in [0, 0.1) is 6.92 Å². The third-order valence-corrected chi connectivity index (χ3v) is 5.20. The highest BCUT2D eigenvalue weighted by Gasteiger charge is 2.24. The Hall–Kier alpha value is -3.02. The summed E-state index contributed by atoms with van der Waals surface area (Å²) in [7, 11) is 0.